The summed E-state index contributed by atoms with van der Waals surface area (Å²) in [7, 11) is 0. The second kappa shape index (κ2) is 60.1. The molecule has 0 bridgehead atoms. The number of carbonyl (C=O) groups is 3. The van der Waals surface area contributed by atoms with Crippen molar-refractivity contribution < 1.29 is 93.6 Å². The van der Waals surface area contributed by atoms with Gasteiger partial charge in [0.2, 0.25) is 0 Å². The first-order valence-corrected chi connectivity index (χ1v) is 46.6. The Morgan fingerprint density at radius 1 is 0.357 bits per heavy atom. The minimum atomic E-state index is -5.16. The van der Waals surface area contributed by atoms with E-state index in [9.17, 15) is 81.2 Å². The summed E-state index contributed by atoms with van der Waals surface area (Å²) in [5.74, 6) is -3.85. The lowest BCUT2D eigenvalue weighted by Crippen LogP contribution is -2.36. The van der Waals surface area contributed by atoms with E-state index in [0.29, 0.717) is 169 Å². The summed E-state index contributed by atoms with van der Waals surface area (Å²) in [6, 6.07) is 31.0. The van der Waals surface area contributed by atoms with Crippen LogP contribution in [0, 0.1) is 40.5 Å². The van der Waals surface area contributed by atoms with Crippen molar-refractivity contribution in [1.29, 1.82) is 0 Å². The number of nitro benzene ring substituents is 4. The second-order valence-corrected chi connectivity index (χ2v) is 35.5. The van der Waals surface area contributed by atoms with Crippen molar-refractivity contribution in [1.82, 2.24) is 44.3 Å². The highest BCUT2D eigenvalue weighted by atomic mass is 79.9. The molecule has 0 saturated carbocycles. The van der Waals surface area contributed by atoms with Crippen molar-refractivity contribution in [3.63, 3.8) is 0 Å². The van der Waals surface area contributed by atoms with E-state index in [1.807, 2.05) is 51.5 Å². The summed E-state index contributed by atoms with van der Waals surface area (Å²) in [6.07, 6.45) is -9.68. The molecule has 8 heterocycles. The molecule has 0 unspecified atom stereocenters. The summed E-state index contributed by atoms with van der Waals surface area (Å²) in [4.78, 5) is 95.8. The van der Waals surface area contributed by atoms with Crippen LogP contribution in [-0.2, 0) is 88.6 Å². The first-order valence-electron chi connectivity index (χ1n) is 43.6. The van der Waals surface area contributed by atoms with Crippen LogP contribution in [0.3, 0.4) is 0 Å². The van der Waals surface area contributed by atoms with Crippen LogP contribution in [0.2, 0.25) is 40.2 Å². The largest absolute Gasteiger partial charge is 0.471 e. The minimum Gasteiger partial charge on any atom is -0.398 e. The SMILES string of the molecule is Br.Br.Nc1c(CN2CCOCC2)cc(Cl)cc1[N+](=O)[O-].Nc1cc(Cl)cc(CN2CCOCC2)c1N.Nc1ccc(Cl)cc1CN1CCOCC1.Nc1nc2c(CN3CCOCC3)cc(Cl)cc2[nH]1.O=C(Nc1c(CN2CCOCC2)cc(Cl)cc1[N+](=O)[O-])C(F)(F)F.O=C(Nc1ccc(Cl)cc1CN1CCOCC1)C(F)(F)F.O=Cc1cc(Cl)ccc1[N+](=O)[O-].O=[N+]([O-])c1ccc(Cl)cc1CN1CCOCC1. The maximum atomic E-state index is 12.5. The topological polar surface area (TPSA) is 494 Å². The Morgan fingerprint density at radius 2 is 0.664 bits per heavy atom. The summed E-state index contributed by atoms with van der Waals surface area (Å²) in [5.41, 5.74) is 37.0. The number of benzene rings is 8. The van der Waals surface area contributed by atoms with E-state index in [1.165, 1.54) is 48.5 Å². The third kappa shape index (κ3) is 40.5. The third-order valence-corrected chi connectivity index (χ3v) is 23.7. The molecule has 1 aromatic heterocycles. The number of aromatic nitrogens is 2. The predicted octanol–water partition coefficient (Wildman–Crippen LogP) is 16.9. The van der Waals surface area contributed by atoms with Crippen LogP contribution in [0.25, 0.3) is 11.0 Å². The van der Waals surface area contributed by atoms with E-state index in [2.05, 4.69) is 34.5 Å². The second-order valence-electron chi connectivity index (χ2n) is 32.0. The molecule has 7 saturated heterocycles. The van der Waals surface area contributed by atoms with Gasteiger partial charge >= 0.3 is 24.2 Å². The lowest BCUT2D eigenvalue weighted by molar-refractivity contribution is -0.385. The Bertz CT molecular complexity index is 5720. The molecular formula is C89H106Br2Cl8F6N20O18. The molecule has 0 radical (unpaired) electrons. The van der Waals surface area contributed by atoms with Gasteiger partial charge in [-0.1, -0.05) is 92.8 Å². The van der Waals surface area contributed by atoms with Crippen molar-refractivity contribution in [2.24, 2.45) is 0 Å². The minimum absolute atomic E-state index is 0. The lowest BCUT2D eigenvalue weighted by atomic mass is 10.1. The van der Waals surface area contributed by atoms with Crippen LogP contribution in [-0.4, -0.2) is 279 Å². The highest BCUT2D eigenvalue weighted by Gasteiger charge is 2.41. The van der Waals surface area contributed by atoms with E-state index in [1.54, 1.807) is 35.6 Å². The predicted molar refractivity (Wildman–Crippen MR) is 548 cm³/mol. The number of nitrogen functional groups attached to an aromatic ring is 5. The number of anilines is 7. The smallest absolute Gasteiger partial charge is 0.398 e. The number of nitrogens with two attached hydrogens (primary N) is 5. The molecule has 7 aliphatic rings. The first-order chi connectivity index (χ1) is 67.1. The van der Waals surface area contributed by atoms with Crippen LogP contribution in [0.5, 0.6) is 0 Å². The van der Waals surface area contributed by atoms with Gasteiger partial charge in [-0.3, -0.25) is 89.1 Å². The number of hydrogen-bond donors (Lipinski definition) is 8. The highest BCUT2D eigenvalue weighted by molar-refractivity contribution is 8.93. The number of halogens is 16. The van der Waals surface area contributed by atoms with Crippen LogP contribution in [0.15, 0.2) is 121 Å². The fourth-order valence-corrected chi connectivity index (χ4v) is 16.4. The summed E-state index contributed by atoms with van der Waals surface area (Å²) in [5, 5.41) is 50.3. The van der Waals surface area contributed by atoms with E-state index in [-0.39, 0.29) is 90.0 Å². The number of nitrogens with one attached hydrogen (secondary N) is 3. The van der Waals surface area contributed by atoms with Crippen molar-refractivity contribution in [3.8, 4) is 0 Å². The van der Waals surface area contributed by atoms with Crippen molar-refractivity contribution in [2.75, 3.05) is 223 Å². The summed E-state index contributed by atoms with van der Waals surface area (Å²) in [6.45, 7) is 24.7. The van der Waals surface area contributed by atoms with E-state index in [0.717, 1.165) is 169 Å². The quantitative estimate of drug-likeness (QED) is 0.0109. The molecule has 0 spiro atoms. The Morgan fingerprint density at radius 3 is 1.08 bits per heavy atom. The number of hydrogen-bond acceptors (Lipinski definition) is 31. The Balaban J connectivity index is 0.000000223. The van der Waals surface area contributed by atoms with Gasteiger partial charge in [0.25, 0.3) is 22.7 Å². The van der Waals surface area contributed by atoms with Crippen LogP contribution < -0.4 is 39.3 Å². The van der Waals surface area contributed by atoms with Gasteiger partial charge in [0, 0.05) is 219 Å². The molecule has 13 N–H and O–H groups in total. The molecular weight excluding hydrogens is 2190 g/mol. The maximum absolute atomic E-state index is 12.5. The highest BCUT2D eigenvalue weighted by Crippen LogP contribution is 2.38. The normalized spacial score (nSPS) is 16.1. The molecule has 2 amide bonds. The monoisotopic (exact) mass is 2290 g/mol. The molecule has 0 aliphatic carbocycles. The van der Waals surface area contributed by atoms with Gasteiger partial charge in [0.05, 0.1) is 140 Å². The Hall–Kier alpha value is -9.26. The number of nitrogens with zero attached hydrogens (tertiary/aromatic N) is 12. The van der Waals surface area contributed by atoms with Gasteiger partial charge in [0.1, 0.15) is 11.4 Å². The molecule has 16 rings (SSSR count). The third-order valence-electron chi connectivity index (χ3n) is 21.9. The van der Waals surface area contributed by atoms with Crippen molar-refractivity contribution in [3.05, 3.63) is 246 Å². The number of fused-ring (bicyclic) bond motifs is 1. The average molecular weight is 2300 g/mol. The fraction of sp³-hybridized carbons (Fsp3) is 0.416. The molecule has 9 aromatic rings. The lowest BCUT2D eigenvalue weighted by Gasteiger charge is -2.27. The van der Waals surface area contributed by atoms with Crippen molar-refractivity contribution >= 4 is 219 Å². The van der Waals surface area contributed by atoms with Gasteiger partial charge in [0.15, 0.2) is 12.2 Å². The summed E-state index contributed by atoms with van der Waals surface area (Å²) >= 11 is 47.0. The average Bonchev–Trinajstić information content (AvgIpc) is 1.76. The molecule has 0 atom stereocenters. The van der Waals surface area contributed by atoms with Gasteiger partial charge in [-0.15, -0.1) is 34.0 Å². The van der Waals surface area contributed by atoms with Crippen LogP contribution in [0.4, 0.5) is 89.2 Å². The number of morpholine rings is 7. The van der Waals surface area contributed by atoms with Gasteiger partial charge in [-0.25, -0.2) is 4.98 Å². The number of H-pyrrole nitrogens is 1. The van der Waals surface area contributed by atoms with E-state index in [4.69, 9.17) is 155 Å². The molecule has 143 heavy (non-hydrogen) atoms. The number of carbonyl (C=O) groups excluding carboxylic acids is 3. The number of alkyl halides is 6. The standard InChI is InChI=1S/C13H13ClF3N3O4.C13H14ClF3N2O2.C12H15ClN4O.C11H14ClN3O3.C11H16ClN3O.C11H13ClN2O3.C11H15ClN2O.C7H4ClNO3.2BrH/c14-9-5-8(7-19-1-3-24-4-2-19)11(10(6-9)20(22)23)18-12(21)13(15,16)17;14-10-1-2-11(18-12(20)13(15,16)17)9(7-10)8-19-3-5-21-6-4-19;13-9-5-8(7-17-1-3-18-4-2-17)11-10(6-9)15-12(14)16-11;12-9-5-8(7-14-1-3-18-4-2-14)11(13)10(6-9)15(16)17;12-9-5-8(11(14)10(13)6-9)7-15-1-3-16-4-2-15;12-10-1-2-11(14(15)16)9(7-10)8-13-3-5-17-6-4-13;12-10-1-2-11(13)9(7-10)8-14-3-5-15-6-4-14;8-6-1-2-7(9(11)12)5(3-6)4-10;;/h5-6H,1-4,7H2,(H,18,21);1-2,7H,3-6,8H2,(H,18,20);5-6H,1-4,7H2,(H3,14,15,16);5-6H,1-4,7,13H2;5-6H,1-4,7,13-14H2;1-2,7H,3-6,8H2;1-2,7H,3-6,8,13H2;1-4H;2*1H. The number of aldehydes is 1. The molecule has 782 valence electrons. The molecule has 7 aliphatic heterocycles. The number of ether oxygens (including phenoxy) is 7. The zero-order valence-electron chi connectivity index (χ0n) is 76.6. The first kappa shape index (κ1) is 121. The van der Waals surface area contributed by atoms with E-state index < -0.39 is 50.3 Å². The molecule has 38 nitrogen and oxygen atoms in total. The van der Waals surface area contributed by atoms with Gasteiger partial charge in [-0.05, 0) is 130 Å². The zero-order chi connectivity index (χ0) is 103. The van der Waals surface area contributed by atoms with Crippen LogP contribution in [0.1, 0.15) is 49.3 Å². The molecule has 7 fully saturated rings. The van der Waals surface area contributed by atoms with Crippen LogP contribution >= 0.6 is 127 Å². The van der Waals surface area contributed by atoms with Gasteiger partial charge in [-0.2, -0.15) is 26.3 Å². The van der Waals surface area contributed by atoms with Crippen molar-refractivity contribution in [2.45, 2.75) is 58.2 Å². The number of aromatic amines is 1. The maximum Gasteiger partial charge on any atom is 0.471 e. The zero-order valence-corrected chi connectivity index (χ0v) is 86.1. The Kier molecular flexibility index (Phi) is 50.7. The van der Waals surface area contributed by atoms with Gasteiger partial charge < -0.3 is 77.4 Å². The number of imidazole rings is 1. The number of nitro groups is 4. The number of amides is 2. The van der Waals surface area contributed by atoms with E-state index >= 15 is 0 Å². The Labute approximate surface area is 878 Å². The number of rotatable bonds is 21. The molecule has 8 aromatic carbocycles. The molecule has 54 heteroatoms. The fourth-order valence-electron chi connectivity index (χ4n) is 14.7. The summed E-state index contributed by atoms with van der Waals surface area (Å²) < 4.78 is 111.